The SMILES string of the molecule is Cc1cccc(COc2ccc(CCC(=O)O)cc2N)c1. The van der Waals surface area contributed by atoms with Gasteiger partial charge in [-0.15, -0.1) is 0 Å². The van der Waals surface area contributed by atoms with E-state index < -0.39 is 5.97 Å². The van der Waals surface area contributed by atoms with Gasteiger partial charge >= 0.3 is 5.97 Å². The van der Waals surface area contributed by atoms with Gasteiger partial charge in [0, 0.05) is 6.42 Å². The molecule has 0 aliphatic carbocycles. The normalized spacial score (nSPS) is 10.3. The maximum Gasteiger partial charge on any atom is 0.303 e. The molecule has 0 aromatic heterocycles. The molecule has 110 valence electrons. The zero-order valence-corrected chi connectivity index (χ0v) is 12.0. The second kappa shape index (κ2) is 6.79. The van der Waals surface area contributed by atoms with Gasteiger partial charge in [-0.1, -0.05) is 35.9 Å². The molecule has 0 unspecified atom stereocenters. The van der Waals surface area contributed by atoms with Crippen molar-refractivity contribution in [1.82, 2.24) is 0 Å². The minimum absolute atomic E-state index is 0.100. The molecule has 0 fully saturated rings. The van der Waals surface area contributed by atoms with Crippen LogP contribution in [0.4, 0.5) is 5.69 Å². The molecule has 2 aromatic rings. The summed E-state index contributed by atoms with van der Waals surface area (Å²) < 4.78 is 5.72. The molecule has 0 saturated carbocycles. The molecule has 0 aliphatic rings. The number of ether oxygens (including phenoxy) is 1. The lowest BCUT2D eigenvalue weighted by Crippen LogP contribution is -2.01. The van der Waals surface area contributed by atoms with Crippen molar-refractivity contribution >= 4 is 11.7 Å². The Morgan fingerprint density at radius 2 is 2.00 bits per heavy atom. The third kappa shape index (κ3) is 4.53. The van der Waals surface area contributed by atoms with Crippen LogP contribution in [0.5, 0.6) is 5.75 Å². The Labute approximate surface area is 124 Å². The first-order chi connectivity index (χ1) is 10.0. The smallest absolute Gasteiger partial charge is 0.303 e. The number of carboxylic acid groups (broad SMARTS) is 1. The molecule has 0 aliphatic heterocycles. The zero-order chi connectivity index (χ0) is 15.2. The highest BCUT2D eigenvalue weighted by Crippen LogP contribution is 2.24. The molecule has 0 atom stereocenters. The highest BCUT2D eigenvalue weighted by Gasteiger charge is 2.05. The van der Waals surface area contributed by atoms with Crippen molar-refractivity contribution in [3.05, 3.63) is 59.2 Å². The summed E-state index contributed by atoms with van der Waals surface area (Å²) >= 11 is 0. The average molecular weight is 285 g/mol. The molecule has 21 heavy (non-hydrogen) atoms. The van der Waals surface area contributed by atoms with Crippen molar-refractivity contribution in [3.63, 3.8) is 0 Å². The van der Waals surface area contributed by atoms with Crippen LogP contribution in [0.25, 0.3) is 0 Å². The van der Waals surface area contributed by atoms with Crippen LogP contribution in [-0.2, 0) is 17.8 Å². The number of anilines is 1. The Hall–Kier alpha value is -2.49. The maximum absolute atomic E-state index is 10.6. The number of aliphatic carboxylic acids is 1. The molecular weight excluding hydrogens is 266 g/mol. The summed E-state index contributed by atoms with van der Waals surface area (Å²) in [6.07, 6.45) is 0.570. The van der Waals surface area contributed by atoms with Gasteiger partial charge in [0.25, 0.3) is 0 Å². The van der Waals surface area contributed by atoms with Gasteiger partial charge < -0.3 is 15.6 Å². The molecule has 0 amide bonds. The van der Waals surface area contributed by atoms with Gasteiger partial charge in [-0.05, 0) is 36.6 Å². The molecule has 4 heteroatoms. The number of carboxylic acids is 1. The van der Waals surface area contributed by atoms with Crippen molar-refractivity contribution in [2.45, 2.75) is 26.4 Å². The lowest BCUT2D eigenvalue weighted by molar-refractivity contribution is -0.136. The van der Waals surface area contributed by atoms with E-state index in [-0.39, 0.29) is 6.42 Å². The molecule has 0 bridgehead atoms. The predicted molar refractivity (Wildman–Crippen MR) is 82.3 cm³/mol. The van der Waals surface area contributed by atoms with E-state index >= 15 is 0 Å². The fraction of sp³-hybridized carbons (Fsp3) is 0.235. The van der Waals surface area contributed by atoms with Crippen LogP contribution >= 0.6 is 0 Å². The van der Waals surface area contributed by atoms with Gasteiger partial charge in [0.15, 0.2) is 0 Å². The van der Waals surface area contributed by atoms with Crippen LogP contribution in [0.3, 0.4) is 0 Å². The van der Waals surface area contributed by atoms with Crippen molar-refractivity contribution < 1.29 is 14.6 Å². The lowest BCUT2D eigenvalue weighted by Gasteiger charge is -2.10. The highest BCUT2D eigenvalue weighted by atomic mass is 16.5. The molecule has 0 spiro atoms. The minimum Gasteiger partial charge on any atom is -0.487 e. The van der Waals surface area contributed by atoms with Gasteiger partial charge in [0.2, 0.25) is 0 Å². The monoisotopic (exact) mass is 285 g/mol. The van der Waals surface area contributed by atoms with Crippen molar-refractivity contribution in [2.75, 3.05) is 5.73 Å². The number of hydrogen-bond donors (Lipinski definition) is 2. The minimum atomic E-state index is -0.812. The molecule has 3 N–H and O–H groups in total. The summed E-state index contributed by atoms with van der Waals surface area (Å²) in [6, 6.07) is 13.5. The van der Waals surface area contributed by atoms with E-state index in [1.807, 2.05) is 31.2 Å². The van der Waals surface area contributed by atoms with Gasteiger partial charge in [0.05, 0.1) is 5.69 Å². The van der Waals surface area contributed by atoms with Crippen LogP contribution in [0, 0.1) is 6.92 Å². The van der Waals surface area contributed by atoms with Crippen LogP contribution in [-0.4, -0.2) is 11.1 Å². The summed E-state index contributed by atoms with van der Waals surface area (Å²) in [4.78, 5) is 10.6. The van der Waals surface area contributed by atoms with Gasteiger partial charge in [0.1, 0.15) is 12.4 Å². The molecular formula is C17H19NO3. The Kier molecular flexibility index (Phi) is 4.82. The Morgan fingerprint density at radius 3 is 2.67 bits per heavy atom. The van der Waals surface area contributed by atoms with Crippen molar-refractivity contribution in [2.24, 2.45) is 0 Å². The number of nitrogen functional groups attached to an aromatic ring is 1. The summed E-state index contributed by atoms with van der Waals surface area (Å²) in [5.41, 5.74) is 9.66. The zero-order valence-electron chi connectivity index (χ0n) is 12.0. The van der Waals surface area contributed by atoms with E-state index in [2.05, 4.69) is 6.07 Å². The second-order valence-electron chi connectivity index (χ2n) is 5.04. The number of rotatable bonds is 6. The predicted octanol–water partition coefficient (Wildman–Crippen LogP) is 3.17. The summed E-state index contributed by atoms with van der Waals surface area (Å²) in [5.74, 6) is -0.191. The van der Waals surface area contributed by atoms with E-state index in [1.165, 1.54) is 5.56 Å². The topological polar surface area (TPSA) is 72.5 Å². The first-order valence-electron chi connectivity index (χ1n) is 6.83. The van der Waals surface area contributed by atoms with Crippen molar-refractivity contribution in [1.29, 1.82) is 0 Å². The summed E-state index contributed by atoms with van der Waals surface area (Å²) in [6.45, 7) is 2.50. The maximum atomic E-state index is 10.6. The molecule has 0 saturated heterocycles. The molecule has 2 aromatic carbocycles. The third-order valence-electron chi connectivity index (χ3n) is 3.18. The second-order valence-corrected chi connectivity index (χ2v) is 5.04. The number of hydrogen-bond acceptors (Lipinski definition) is 3. The highest BCUT2D eigenvalue weighted by molar-refractivity contribution is 5.67. The molecule has 4 nitrogen and oxygen atoms in total. The summed E-state index contributed by atoms with van der Waals surface area (Å²) in [5, 5.41) is 8.68. The first-order valence-corrected chi connectivity index (χ1v) is 6.83. The van der Waals surface area contributed by atoms with Crippen LogP contribution in [0.15, 0.2) is 42.5 Å². The van der Waals surface area contributed by atoms with E-state index in [0.29, 0.717) is 24.5 Å². The third-order valence-corrected chi connectivity index (χ3v) is 3.18. The Bertz CT molecular complexity index is 638. The molecule has 2 rings (SSSR count). The van der Waals surface area contributed by atoms with E-state index in [9.17, 15) is 4.79 Å². The number of nitrogens with two attached hydrogens (primary N) is 1. The van der Waals surface area contributed by atoms with E-state index in [4.69, 9.17) is 15.6 Å². The molecule has 0 heterocycles. The fourth-order valence-corrected chi connectivity index (χ4v) is 2.10. The quantitative estimate of drug-likeness (QED) is 0.800. The van der Waals surface area contributed by atoms with E-state index in [1.54, 1.807) is 12.1 Å². The average Bonchev–Trinajstić information content (AvgIpc) is 2.44. The number of aryl methyl sites for hydroxylation is 2. The molecule has 0 radical (unpaired) electrons. The van der Waals surface area contributed by atoms with Gasteiger partial charge in [-0.25, -0.2) is 0 Å². The summed E-state index contributed by atoms with van der Waals surface area (Å²) in [7, 11) is 0. The standard InChI is InChI=1S/C17H19NO3/c1-12-3-2-4-14(9-12)11-21-16-7-5-13(10-15(16)18)6-8-17(19)20/h2-5,7,9-10H,6,8,11,18H2,1H3,(H,19,20). The Morgan fingerprint density at radius 1 is 1.19 bits per heavy atom. The fourth-order valence-electron chi connectivity index (χ4n) is 2.10. The van der Waals surface area contributed by atoms with Crippen LogP contribution in [0.1, 0.15) is 23.1 Å². The first kappa shape index (κ1) is 14.9. The largest absolute Gasteiger partial charge is 0.487 e. The van der Waals surface area contributed by atoms with Crippen LogP contribution in [0.2, 0.25) is 0 Å². The van der Waals surface area contributed by atoms with Crippen LogP contribution < -0.4 is 10.5 Å². The van der Waals surface area contributed by atoms with E-state index in [0.717, 1.165) is 11.1 Å². The van der Waals surface area contributed by atoms with Crippen molar-refractivity contribution in [3.8, 4) is 5.75 Å². The number of carbonyl (C=O) groups is 1. The van der Waals surface area contributed by atoms with Gasteiger partial charge in [-0.2, -0.15) is 0 Å². The lowest BCUT2D eigenvalue weighted by atomic mass is 10.1. The Balaban J connectivity index is 1.99. The number of benzene rings is 2. The van der Waals surface area contributed by atoms with Gasteiger partial charge in [-0.3, -0.25) is 4.79 Å².